The van der Waals surface area contributed by atoms with Crippen LogP contribution in [0.2, 0.25) is 5.02 Å². The van der Waals surface area contributed by atoms with Crippen molar-refractivity contribution in [1.82, 2.24) is 14.7 Å². The van der Waals surface area contributed by atoms with Gasteiger partial charge in [0.05, 0.1) is 5.69 Å². The lowest BCUT2D eigenvalue weighted by Gasteiger charge is -2.16. The van der Waals surface area contributed by atoms with E-state index in [1.807, 2.05) is 29.2 Å². The first kappa shape index (κ1) is 14.5. The van der Waals surface area contributed by atoms with Crippen molar-refractivity contribution in [2.24, 2.45) is 0 Å². The number of halogens is 2. The van der Waals surface area contributed by atoms with Crippen LogP contribution in [0.15, 0.2) is 36.0 Å². The summed E-state index contributed by atoms with van der Waals surface area (Å²) in [5.41, 5.74) is 1.55. The fourth-order valence-electron chi connectivity index (χ4n) is 2.38. The van der Waals surface area contributed by atoms with Crippen LogP contribution in [0.3, 0.4) is 0 Å². The van der Waals surface area contributed by atoms with Crippen LogP contribution in [0, 0.1) is 5.82 Å². The van der Waals surface area contributed by atoms with Gasteiger partial charge in [0.1, 0.15) is 5.82 Å². The van der Waals surface area contributed by atoms with Gasteiger partial charge in [-0.3, -0.25) is 4.40 Å². The second kappa shape index (κ2) is 6.13. The van der Waals surface area contributed by atoms with Crippen molar-refractivity contribution in [2.45, 2.75) is 18.9 Å². The maximum Gasteiger partial charge on any atom is 0.193 e. The van der Waals surface area contributed by atoms with Crippen molar-refractivity contribution in [3.8, 4) is 0 Å². The van der Waals surface area contributed by atoms with Crippen LogP contribution in [-0.2, 0) is 12.8 Å². The molecule has 0 radical (unpaired) electrons. The van der Waals surface area contributed by atoms with Gasteiger partial charge in [-0.25, -0.2) is 9.37 Å². The van der Waals surface area contributed by atoms with E-state index in [0.717, 1.165) is 17.1 Å². The molecule has 2 aromatic heterocycles. The SMILES string of the molecule is CNC(Cc1cn2ccsc2n1)Cc1c(F)cccc1Cl. The zero-order valence-corrected chi connectivity index (χ0v) is 13.1. The monoisotopic (exact) mass is 323 g/mol. The Morgan fingerprint density at radius 2 is 2.29 bits per heavy atom. The molecule has 0 bridgehead atoms. The van der Waals surface area contributed by atoms with E-state index in [1.54, 1.807) is 23.5 Å². The minimum atomic E-state index is -0.256. The Hall–Kier alpha value is -1.43. The fraction of sp³-hybridized carbons (Fsp3) is 0.267. The molecule has 0 fully saturated rings. The Balaban J connectivity index is 1.77. The molecular formula is C15H15ClFN3S. The maximum absolute atomic E-state index is 13.9. The second-order valence-electron chi connectivity index (χ2n) is 4.92. The molecule has 21 heavy (non-hydrogen) atoms. The molecule has 1 unspecified atom stereocenters. The van der Waals surface area contributed by atoms with Crippen molar-refractivity contribution in [1.29, 1.82) is 0 Å². The predicted octanol–water partition coefficient (Wildman–Crippen LogP) is 3.56. The lowest BCUT2D eigenvalue weighted by molar-refractivity contribution is 0.529. The number of nitrogens with one attached hydrogen (secondary N) is 1. The van der Waals surface area contributed by atoms with Gasteiger partial charge in [-0.1, -0.05) is 17.7 Å². The first-order valence-corrected chi connectivity index (χ1v) is 7.94. The summed E-state index contributed by atoms with van der Waals surface area (Å²) in [4.78, 5) is 5.54. The molecule has 0 saturated heterocycles. The summed E-state index contributed by atoms with van der Waals surface area (Å²) in [5.74, 6) is -0.256. The molecule has 0 amide bonds. The second-order valence-corrected chi connectivity index (χ2v) is 6.20. The summed E-state index contributed by atoms with van der Waals surface area (Å²) in [6, 6.07) is 4.88. The summed E-state index contributed by atoms with van der Waals surface area (Å²) < 4.78 is 15.9. The third-order valence-electron chi connectivity index (χ3n) is 3.52. The third-order valence-corrected chi connectivity index (χ3v) is 4.64. The number of rotatable bonds is 5. The van der Waals surface area contributed by atoms with Crippen molar-refractivity contribution in [2.75, 3.05) is 7.05 Å². The Labute approximate surface area is 131 Å². The number of likely N-dealkylation sites (N-methyl/N-ethyl adjacent to an activating group) is 1. The molecule has 0 aliphatic heterocycles. The topological polar surface area (TPSA) is 29.3 Å². The highest BCUT2D eigenvalue weighted by Gasteiger charge is 2.15. The summed E-state index contributed by atoms with van der Waals surface area (Å²) in [5, 5.41) is 5.69. The van der Waals surface area contributed by atoms with E-state index in [2.05, 4.69) is 10.3 Å². The normalized spacial score (nSPS) is 12.9. The summed E-state index contributed by atoms with van der Waals surface area (Å²) >= 11 is 7.70. The van der Waals surface area contributed by atoms with E-state index < -0.39 is 0 Å². The number of nitrogens with zero attached hydrogens (tertiary/aromatic N) is 2. The van der Waals surface area contributed by atoms with Gasteiger partial charge in [-0.15, -0.1) is 11.3 Å². The van der Waals surface area contributed by atoms with Crippen LogP contribution in [0.4, 0.5) is 4.39 Å². The van der Waals surface area contributed by atoms with Gasteiger partial charge < -0.3 is 5.32 Å². The average molecular weight is 324 g/mol. The van der Waals surface area contributed by atoms with E-state index in [0.29, 0.717) is 17.0 Å². The molecule has 1 aromatic carbocycles. The van der Waals surface area contributed by atoms with Crippen LogP contribution in [-0.4, -0.2) is 22.5 Å². The number of imidazole rings is 1. The average Bonchev–Trinajstić information content (AvgIpc) is 3.02. The molecule has 0 aliphatic carbocycles. The van der Waals surface area contributed by atoms with Crippen LogP contribution in [0.5, 0.6) is 0 Å². The van der Waals surface area contributed by atoms with Crippen LogP contribution in [0.25, 0.3) is 4.96 Å². The molecule has 2 heterocycles. The number of thiazole rings is 1. The quantitative estimate of drug-likeness (QED) is 0.778. The highest BCUT2D eigenvalue weighted by molar-refractivity contribution is 7.15. The molecule has 1 N–H and O–H groups in total. The molecule has 3 nitrogen and oxygen atoms in total. The summed E-state index contributed by atoms with van der Waals surface area (Å²) in [6.07, 6.45) is 5.26. The van der Waals surface area contributed by atoms with Crippen molar-refractivity contribution in [3.63, 3.8) is 0 Å². The molecule has 0 spiro atoms. The third kappa shape index (κ3) is 3.10. The van der Waals surface area contributed by atoms with Crippen molar-refractivity contribution >= 4 is 27.9 Å². The first-order chi connectivity index (χ1) is 10.2. The molecule has 3 aromatic rings. The van der Waals surface area contributed by atoms with Crippen molar-refractivity contribution < 1.29 is 4.39 Å². The Kier molecular flexibility index (Phi) is 4.24. The first-order valence-electron chi connectivity index (χ1n) is 6.68. The molecule has 3 rings (SSSR count). The van der Waals surface area contributed by atoms with E-state index in [4.69, 9.17) is 11.6 Å². The van der Waals surface area contributed by atoms with Crippen LogP contribution in [0.1, 0.15) is 11.3 Å². The van der Waals surface area contributed by atoms with Crippen LogP contribution >= 0.6 is 22.9 Å². The Morgan fingerprint density at radius 3 is 3.00 bits per heavy atom. The molecule has 1 atom stereocenters. The largest absolute Gasteiger partial charge is 0.316 e. The van der Waals surface area contributed by atoms with Gasteiger partial charge in [0.15, 0.2) is 4.96 Å². The zero-order chi connectivity index (χ0) is 14.8. The summed E-state index contributed by atoms with van der Waals surface area (Å²) in [7, 11) is 1.87. The van der Waals surface area contributed by atoms with Gasteiger partial charge in [-0.05, 0) is 25.6 Å². The number of aromatic nitrogens is 2. The van der Waals surface area contributed by atoms with Gasteiger partial charge in [0, 0.05) is 40.8 Å². The van der Waals surface area contributed by atoms with E-state index in [9.17, 15) is 4.39 Å². The number of benzene rings is 1. The fourth-order valence-corrected chi connectivity index (χ4v) is 3.34. The number of fused-ring (bicyclic) bond motifs is 1. The van der Waals surface area contributed by atoms with Gasteiger partial charge in [0.2, 0.25) is 0 Å². The Morgan fingerprint density at radius 1 is 1.43 bits per heavy atom. The van der Waals surface area contributed by atoms with Crippen LogP contribution < -0.4 is 5.32 Å². The van der Waals surface area contributed by atoms with Gasteiger partial charge in [0.25, 0.3) is 0 Å². The standard InChI is InChI=1S/C15H15ClFN3S/c1-18-10(8-12-13(16)3-2-4-14(12)17)7-11-9-20-5-6-21-15(20)19-11/h2-6,9-10,18H,7-8H2,1H3. The minimum absolute atomic E-state index is 0.0870. The molecular weight excluding hydrogens is 309 g/mol. The minimum Gasteiger partial charge on any atom is -0.316 e. The zero-order valence-electron chi connectivity index (χ0n) is 11.5. The number of hydrogen-bond donors (Lipinski definition) is 1. The highest BCUT2D eigenvalue weighted by atomic mass is 35.5. The van der Waals surface area contributed by atoms with E-state index >= 15 is 0 Å². The molecule has 0 saturated carbocycles. The maximum atomic E-state index is 13.9. The smallest absolute Gasteiger partial charge is 0.193 e. The molecule has 6 heteroatoms. The summed E-state index contributed by atoms with van der Waals surface area (Å²) in [6.45, 7) is 0. The van der Waals surface area contributed by atoms with Crippen molar-refractivity contribution in [3.05, 3.63) is 58.1 Å². The lowest BCUT2D eigenvalue weighted by Crippen LogP contribution is -2.30. The Bertz CT molecular complexity index is 704. The van der Waals surface area contributed by atoms with Gasteiger partial charge >= 0.3 is 0 Å². The highest BCUT2D eigenvalue weighted by Crippen LogP contribution is 2.21. The van der Waals surface area contributed by atoms with E-state index in [-0.39, 0.29) is 11.9 Å². The predicted molar refractivity (Wildman–Crippen MR) is 84.7 cm³/mol. The molecule has 0 aliphatic rings. The number of hydrogen-bond acceptors (Lipinski definition) is 3. The molecule has 110 valence electrons. The van der Waals surface area contributed by atoms with Gasteiger partial charge in [-0.2, -0.15) is 0 Å². The lowest BCUT2D eigenvalue weighted by atomic mass is 10.0. The van der Waals surface area contributed by atoms with E-state index in [1.165, 1.54) is 6.07 Å².